The van der Waals surface area contributed by atoms with Crippen molar-refractivity contribution in [3.63, 3.8) is 0 Å². The van der Waals surface area contributed by atoms with Crippen molar-refractivity contribution in [3.8, 4) is 0 Å². The van der Waals surface area contributed by atoms with Gasteiger partial charge in [-0.3, -0.25) is 4.79 Å². The highest BCUT2D eigenvalue weighted by molar-refractivity contribution is 6.31. The van der Waals surface area contributed by atoms with Crippen LogP contribution in [0.1, 0.15) is 40.7 Å². The zero-order valence-electron chi connectivity index (χ0n) is 11.9. The fourth-order valence-corrected chi connectivity index (χ4v) is 3.39. The number of H-pyrrole nitrogens is 1. The molecule has 4 nitrogen and oxygen atoms in total. The summed E-state index contributed by atoms with van der Waals surface area (Å²) in [6.45, 7) is 0. The molecule has 112 valence electrons. The maximum Gasteiger partial charge on any atom is 0.287 e. The number of fused-ring (bicyclic) bond motifs is 3. The summed E-state index contributed by atoms with van der Waals surface area (Å²) >= 11 is 6.11. The zero-order chi connectivity index (χ0) is 15.1. The van der Waals surface area contributed by atoms with Crippen LogP contribution in [-0.4, -0.2) is 10.9 Å². The molecule has 1 aliphatic carbocycles. The molecule has 1 aromatic carbocycles. The number of carbonyl (C=O) groups excluding carboxylic acids is 1. The summed E-state index contributed by atoms with van der Waals surface area (Å²) in [6, 6.07) is 9.22. The number of hydrogen-bond acceptors (Lipinski definition) is 2. The van der Waals surface area contributed by atoms with E-state index in [9.17, 15) is 4.79 Å². The molecule has 0 bridgehead atoms. The van der Waals surface area contributed by atoms with Gasteiger partial charge in [-0.1, -0.05) is 11.6 Å². The molecule has 0 saturated heterocycles. The Bertz CT molecular complexity index is 836. The number of benzene rings is 1. The predicted molar refractivity (Wildman–Crippen MR) is 85.2 cm³/mol. The van der Waals surface area contributed by atoms with E-state index in [2.05, 4.69) is 10.3 Å². The molecule has 1 atom stereocenters. The molecular formula is C17H15ClN2O2. The molecule has 0 saturated carbocycles. The van der Waals surface area contributed by atoms with E-state index in [1.807, 2.05) is 18.2 Å². The topological polar surface area (TPSA) is 58.0 Å². The van der Waals surface area contributed by atoms with E-state index in [1.165, 1.54) is 11.8 Å². The number of nitrogens with one attached hydrogen (secondary N) is 2. The Hall–Kier alpha value is -2.20. The Kier molecular flexibility index (Phi) is 3.19. The SMILES string of the molecule is O=C(N[C@@H]1CCCc2c1[nH]c1ccc(Cl)cc21)c1ccco1. The zero-order valence-corrected chi connectivity index (χ0v) is 12.6. The van der Waals surface area contributed by atoms with Crippen molar-refractivity contribution < 1.29 is 9.21 Å². The lowest BCUT2D eigenvalue weighted by Crippen LogP contribution is -2.30. The third kappa shape index (κ3) is 2.20. The van der Waals surface area contributed by atoms with E-state index in [0.29, 0.717) is 5.76 Å². The van der Waals surface area contributed by atoms with Crippen molar-refractivity contribution in [3.05, 3.63) is 58.6 Å². The van der Waals surface area contributed by atoms with Crippen molar-refractivity contribution in [2.75, 3.05) is 0 Å². The van der Waals surface area contributed by atoms with Crippen LogP contribution < -0.4 is 5.32 Å². The van der Waals surface area contributed by atoms with Crippen LogP contribution in [-0.2, 0) is 6.42 Å². The van der Waals surface area contributed by atoms with Crippen LogP contribution in [0.15, 0.2) is 41.0 Å². The molecule has 2 aromatic heterocycles. The number of hydrogen-bond donors (Lipinski definition) is 2. The van der Waals surface area contributed by atoms with Gasteiger partial charge in [0.25, 0.3) is 5.91 Å². The van der Waals surface area contributed by atoms with E-state index in [1.54, 1.807) is 12.1 Å². The third-order valence-corrected chi connectivity index (χ3v) is 4.45. The van der Waals surface area contributed by atoms with Gasteiger partial charge in [-0.15, -0.1) is 0 Å². The molecule has 0 radical (unpaired) electrons. The third-order valence-electron chi connectivity index (χ3n) is 4.22. The number of rotatable bonds is 2. The second-order valence-electron chi connectivity index (χ2n) is 5.60. The van der Waals surface area contributed by atoms with Crippen LogP contribution in [0, 0.1) is 0 Å². The lowest BCUT2D eigenvalue weighted by Gasteiger charge is -2.23. The molecule has 1 amide bonds. The lowest BCUT2D eigenvalue weighted by molar-refractivity contribution is 0.0904. The minimum Gasteiger partial charge on any atom is -0.459 e. The Balaban J connectivity index is 1.70. The van der Waals surface area contributed by atoms with Gasteiger partial charge in [0.15, 0.2) is 5.76 Å². The Morgan fingerprint density at radius 1 is 1.36 bits per heavy atom. The first-order valence-corrected chi connectivity index (χ1v) is 7.74. The van der Waals surface area contributed by atoms with Crippen molar-refractivity contribution in [2.45, 2.75) is 25.3 Å². The van der Waals surface area contributed by atoms with Crippen LogP contribution in [0.2, 0.25) is 5.02 Å². The summed E-state index contributed by atoms with van der Waals surface area (Å²) in [6.07, 6.45) is 4.46. The minimum atomic E-state index is -0.181. The molecular weight excluding hydrogens is 300 g/mol. The molecule has 3 aromatic rings. The average molecular weight is 315 g/mol. The normalized spacial score (nSPS) is 17.4. The van der Waals surface area contributed by atoms with E-state index in [4.69, 9.17) is 16.0 Å². The summed E-state index contributed by atoms with van der Waals surface area (Å²) in [5.41, 5.74) is 3.41. The van der Waals surface area contributed by atoms with Crippen LogP contribution in [0.3, 0.4) is 0 Å². The molecule has 0 aliphatic heterocycles. The number of furan rings is 1. The quantitative estimate of drug-likeness (QED) is 0.744. The van der Waals surface area contributed by atoms with Gasteiger partial charge in [-0.2, -0.15) is 0 Å². The van der Waals surface area contributed by atoms with E-state index in [-0.39, 0.29) is 11.9 Å². The first-order chi connectivity index (χ1) is 10.7. The Morgan fingerprint density at radius 2 is 2.27 bits per heavy atom. The van der Waals surface area contributed by atoms with Gasteiger partial charge >= 0.3 is 0 Å². The highest BCUT2D eigenvalue weighted by atomic mass is 35.5. The fourth-order valence-electron chi connectivity index (χ4n) is 3.22. The van der Waals surface area contributed by atoms with Gasteiger partial charge < -0.3 is 14.7 Å². The van der Waals surface area contributed by atoms with E-state index >= 15 is 0 Å². The summed E-state index contributed by atoms with van der Waals surface area (Å²) in [4.78, 5) is 15.7. The number of aryl methyl sites for hydroxylation is 1. The summed E-state index contributed by atoms with van der Waals surface area (Å²) < 4.78 is 5.16. The van der Waals surface area contributed by atoms with Gasteiger partial charge in [0.2, 0.25) is 0 Å². The molecule has 0 fully saturated rings. The maximum atomic E-state index is 12.2. The standard InChI is InChI=1S/C17H15ClN2O2/c18-10-6-7-13-12(9-10)11-3-1-4-14(16(11)19-13)20-17(21)15-5-2-8-22-15/h2,5-9,14,19H,1,3-4H2,(H,20,21)/t14-/m1/s1. The Morgan fingerprint density at radius 3 is 3.09 bits per heavy atom. The molecule has 1 aliphatic rings. The van der Waals surface area contributed by atoms with Gasteiger partial charge in [-0.05, 0) is 55.2 Å². The lowest BCUT2D eigenvalue weighted by atomic mass is 9.91. The van der Waals surface area contributed by atoms with Crippen LogP contribution in [0.4, 0.5) is 0 Å². The number of amides is 1. The highest BCUT2D eigenvalue weighted by Crippen LogP contribution is 2.35. The fraction of sp³-hybridized carbons (Fsp3) is 0.235. The summed E-state index contributed by atoms with van der Waals surface area (Å²) in [7, 11) is 0. The van der Waals surface area contributed by atoms with Crippen molar-refractivity contribution in [1.29, 1.82) is 0 Å². The second-order valence-corrected chi connectivity index (χ2v) is 6.04. The summed E-state index contributed by atoms with van der Waals surface area (Å²) in [5, 5.41) is 4.94. The van der Waals surface area contributed by atoms with E-state index in [0.717, 1.165) is 40.9 Å². The first-order valence-electron chi connectivity index (χ1n) is 7.37. The van der Waals surface area contributed by atoms with Gasteiger partial charge in [-0.25, -0.2) is 0 Å². The van der Waals surface area contributed by atoms with Crippen molar-refractivity contribution >= 4 is 28.4 Å². The molecule has 0 spiro atoms. The van der Waals surface area contributed by atoms with Crippen molar-refractivity contribution in [1.82, 2.24) is 10.3 Å². The molecule has 4 rings (SSSR count). The molecule has 2 heterocycles. The largest absolute Gasteiger partial charge is 0.459 e. The highest BCUT2D eigenvalue weighted by Gasteiger charge is 2.26. The first kappa shape index (κ1) is 13.5. The minimum absolute atomic E-state index is 0.0208. The molecule has 22 heavy (non-hydrogen) atoms. The number of aromatic nitrogens is 1. The van der Waals surface area contributed by atoms with Crippen LogP contribution in [0.25, 0.3) is 10.9 Å². The van der Waals surface area contributed by atoms with E-state index < -0.39 is 0 Å². The van der Waals surface area contributed by atoms with Gasteiger partial charge in [0.05, 0.1) is 12.3 Å². The van der Waals surface area contributed by atoms with Crippen LogP contribution >= 0.6 is 11.6 Å². The smallest absolute Gasteiger partial charge is 0.287 e. The van der Waals surface area contributed by atoms with Crippen molar-refractivity contribution in [2.24, 2.45) is 0 Å². The molecule has 2 N–H and O–H groups in total. The van der Waals surface area contributed by atoms with Gasteiger partial charge in [0.1, 0.15) is 0 Å². The predicted octanol–water partition coefficient (Wildman–Crippen LogP) is 4.22. The molecule has 5 heteroatoms. The average Bonchev–Trinajstić information content (AvgIpc) is 3.15. The summed E-state index contributed by atoms with van der Waals surface area (Å²) in [5.74, 6) is 0.158. The second kappa shape index (κ2) is 5.21. The number of aromatic amines is 1. The van der Waals surface area contributed by atoms with Gasteiger partial charge in [0, 0.05) is 21.6 Å². The molecule has 0 unspecified atom stereocenters. The Labute approximate surface area is 132 Å². The maximum absolute atomic E-state index is 12.2. The van der Waals surface area contributed by atoms with Crippen LogP contribution in [0.5, 0.6) is 0 Å². The number of carbonyl (C=O) groups is 1. The number of halogens is 1. The monoisotopic (exact) mass is 314 g/mol.